The van der Waals surface area contributed by atoms with Gasteiger partial charge in [-0.2, -0.15) is 5.10 Å². The Morgan fingerprint density at radius 1 is 1.19 bits per heavy atom. The van der Waals surface area contributed by atoms with Crippen LogP contribution >= 0.6 is 27.7 Å². The van der Waals surface area contributed by atoms with Crippen molar-refractivity contribution in [3.05, 3.63) is 52.5 Å². The molecule has 0 fully saturated rings. The maximum Gasteiger partial charge on any atom is 0.250 e. The Bertz CT molecular complexity index is 1090. The molecule has 0 atom stereocenters. The fourth-order valence-corrected chi connectivity index (χ4v) is 4.01. The lowest BCUT2D eigenvalue weighted by atomic mass is 10.2. The van der Waals surface area contributed by atoms with E-state index in [0.29, 0.717) is 29.0 Å². The van der Waals surface area contributed by atoms with Gasteiger partial charge in [-0.3, -0.25) is 4.79 Å². The third-order valence-electron chi connectivity index (χ3n) is 4.26. The van der Waals surface area contributed by atoms with Crippen LogP contribution in [0.2, 0.25) is 0 Å². The Balaban J connectivity index is 1.65. The van der Waals surface area contributed by atoms with Gasteiger partial charge in [0.2, 0.25) is 0 Å². The molecule has 162 valence electrons. The molecule has 0 saturated carbocycles. The molecule has 1 N–H and O–H groups in total. The minimum atomic E-state index is -0.227. The molecule has 8 nitrogen and oxygen atoms in total. The molecule has 10 heteroatoms. The second-order valence-electron chi connectivity index (χ2n) is 6.26. The van der Waals surface area contributed by atoms with E-state index in [1.807, 2.05) is 54.0 Å². The van der Waals surface area contributed by atoms with E-state index in [2.05, 4.69) is 36.7 Å². The fourth-order valence-electron chi connectivity index (χ4n) is 2.80. The molecule has 3 aromatic rings. The van der Waals surface area contributed by atoms with Crippen molar-refractivity contribution in [2.75, 3.05) is 20.0 Å². The largest absolute Gasteiger partial charge is 0.493 e. The summed E-state index contributed by atoms with van der Waals surface area (Å²) in [6.45, 7) is 2.65. The maximum atomic E-state index is 12.2. The summed E-state index contributed by atoms with van der Waals surface area (Å²) in [6.07, 6.45) is 1.59. The van der Waals surface area contributed by atoms with Crippen LogP contribution in [0.3, 0.4) is 0 Å². The van der Waals surface area contributed by atoms with Crippen molar-refractivity contribution in [1.82, 2.24) is 20.2 Å². The van der Waals surface area contributed by atoms with E-state index >= 15 is 0 Å². The smallest absolute Gasteiger partial charge is 0.250 e. The van der Waals surface area contributed by atoms with E-state index in [4.69, 9.17) is 9.47 Å². The lowest BCUT2D eigenvalue weighted by Crippen LogP contribution is -2.20. The number of carbonyl (C=O) groups is 1. The summed E-state index contributed by atoms with van der Waals surface area (Å²) in [4.78, 5) is 12.2. The minimum absolute atomic E-state index is 0.167. The molecule has 2 aromatic carbocycles. The summed E-state index contributed by atoms with van der Waals surface area (Å²) in [5.41, 5.74) is 4.26. The van der Waals surface area contributed by atoms with Gasteiger partial charge in [-0.05, 0) is 42.8 Å². The van der Waals surface area contributed by atoms with Crippen LogP contribution in [0.1, 0.15) is 12.5 Å². The second kappa shape index (κ2) is 11.0. The number of nitrogens with one attached hydrogen (secondary N) is 1. The third kappa shape index (κ3) is 5.86. The van der Waals surface area contributed by atoms with Gasteiger partial charge in [-0.15, -0.1) is 10.2 Å². The highest BCUT2D eigenvalue weighted by atomic mass is 79.9. The molecule has 1 amide bonds. The van der Waals surface area contributed by atoms with E-state index < -0.39 is 0 Å². The summed E-state index contributed by atoms with van der Waals surface area (Å²) in [5.74, 6) is 1.89. The number of methoxy groups -OCH3 is 2. The molecule has 0 aliphatic rings. The van der Waals surface area contributed by atoms with Gasteiger partial charge in [0.25, 0.3) is 5.91 Å². The standard InChI is InChI=1S/C21H22BrN5O3S/c1-4-27-20(15-8-9-17(29-2)18(11-15)30-3)25-26-21(27)31-13-19(28)24-23-12-14-6-5-7-16(22)10-14/h5-12H,4,13H2,1-3H3,(H,24,28)/b23-12+. The number of nitrogens with zero attached hydrogens (tertiary/aromatic N) is 4. The Hall–Kier alpha value is -2.85. The lowest BCUT2D eigenvalue weighted by molar-refractivity contribution is -0.118. The zero-order valence-electron chi connectivity index (χ0n) is 17.3. The number of hydrogen-bond donors (Lipinski definition) is 1. The molecular formula is C21H22BrN5O3S. The predicted molar refractivity (Wildman–Crippen MR) is 125 cm³/mol. The Labute approximate surface area is 193 Å². The number of rotatable bonds is 9. The number of hydrogen-bond acceptors (Lipinski definition) is 7. The van der Waals surface area contributed by atoms with Gasteiger partial charge in [0, 0.05) is 16.6 Å². The number of thioether (sulfide) groups is 1. The van der Waals surface area contributed by atoms with Crippen LogP contribution < -0.4 is 14.9 Å². The van der Waals surface area contributed by atoms with E-state index in [-0.39, 0.29) is 11.7 Å². The number of carbonyl (C=O) groups excluding carboxylic acids is 1. The second-order valence-corrected chi connectivity index (χ2v) is 8.12. The van der Waals surface area contributed by atoms with Gasteiger partial charge in [0.05, 0.1) is 26.2 Å². The van der Waals surface area contributed by atoms with Crippen molar-refractivity contribution >= 4 is 39.8 Å². The zero-order chi connectivity index (χ0) is 22.2. The van der Waals surface area contributed by atoms with Crippen molar-refractivity contribution in [2.45, 2.75) is 18.6 Å². The van der Waals surface area contributed by atoms with Gasteiger partial charge in [0.15, 0.2) is 22.5 Å². The summed E-state index contributed by atoms with van der Waals surface area (Å²) < 4.78 is 13.6. The first-order valence-corrected chi connectivity index (χ1v) is 11.2. The van der Waals surface area contributed by atoms with Crippen molar-refractivity contribution in [2.24, 2.45) is 5.10 Å². The third-order valence-corrected chi connectivity index (χ3v) is 5.72. The topological polar surface area (TPSA) is 90.6 Å². The van der Waals surface area contributed by atoms with Crippen molar-refractivity contribution in [3.8, 4) is 22.9 Å². The fraction of sp³-hybridized carbons (Fsp3) is 0.238. The van der Waals surface area contributed by atoms with Crippen molar-refractivity contribution in [3.63, 3.8) is 0 Å². The van der Waals surface area contributed by atoms with Crippen LogP contribution in [0, 0.1) is 0 Å². The number of benzene rings is 2. The highest BCUT2D eigenvalue weighted by Gasteiger charge is 2.16. The van der Waals surface area contributed by atoms with Crippen LogP contribution in [0.25, 0.3) is 11.4 Å². The van der Waals surface area contributed by atoms with E-state index in [1.165, 1.54) is 11.8 Å². The summed E-state index contributed by atoms with van der Waals surface area (Å²) in [7, 11) is 3.18. The van der Waals surface area contributed by atoms with Crippen LogP contribution in [0.5, 0.6) is 11.5 Å². The zero-order valence-corrected chi connectivity index (χ0v) is 19.7. The molecule has 0 saturated heterocycles. The number of ether oxygens (including phenoxy) is 2. The van der Waals surface area contributed by atoms with Gasteiger partial charge in [-0.25, -0.2) is 5.43 Å². The molecule has 1 aromatic heterocycles. The van der Waals surface area contributed by atoms with Crippen LogP contribution in [-0.2, 0) is 11.3 Å². The monoisotopic (exact) mass is 503 g/mol. The Kier molecular flexibility index (Phi) is 8.07. The normalized spacial score (nSPS) is 11.0. The van der Waals surface area contributed by atoms with Crippen LogP contribution in [0.15, 0.2) is 57.2 Å². The molecule has 0 aliphatic carbocycles. The number of amides is 1. The molecule has 0 aliphatic heterocycles. The van der Waals surface area contributed by atoms with E-state index in [0.717, 1.165) is 15.6 Å². The average Bonchev–Trinajstić information content (AvgIpc) is 3.20. The summed E-state index contributed by atoms with van der Waals surface area (Å²) >= 11 is 4.70. The molecule has 0 radical (unpaired) electrons. The van der Waals surface area contributed by atoms with Gasteiger partial charge in [0.1, 0.15) is 0 Å². The average molecular weight is 504 g/mol. The highest BCUT2D eigenvalue weighted by molar-refractivity contribution is 9.10. The van der Waals surface area contributed by atoms with Crippen LogP contribution in [0.4, 0.5) is 0 Å². The predicted octanol–water partition coefficient (Wildman–Crippen LogP) is 3.99. The van der Waals surface area contributed by atoms with Gasteiger partial charge in [-0.1, -0.05) is 39.8 Å². The maximum absolute atomic E-state index is 12.2. The first kappa shape index (κ1) is 22.8. The van der Waals surface area contributed by atoms with Gasteiger partial charge < -0.3 is 14.0 Å². The number of hydrazone groups is 1. The Morgan fingerprint density at radius 3 is 2.71 bits per heavy atom. The number of aromatic nitrogens is 3. The molecule has 1 heterocycles. The van der Waals surface area contributed by atoms with Crippen molar-refractivity contribution < 1.29 is 14.3 Å². The molecule has 0 unspecified atom stereocenters. The number of halogens is 1. The SMILES string of the molecule is CCn1c(SCC(=O)N/N=C/c2cccc(Br)c2)nnc1-c1ccc(OC)c(OC)c1. The summed E-state index contributed by atoms with van der Waals surface area (Å²) in [6, 6.07) is 13.2. The quantitative estimate of drug-likeness (QED) is 0.269. The first-order valence-electron chi connectivity index (χ1n) is 9.41. The molecule has 3 rings (SSSR count). The molecule has 31 heavy (non-hydrogen) atoms. The van der Waals surface area contributed by atoms with E-state index in [9.17, 15) is 4.79 Å². The first-order chi connectivity index (χ1) is 15.0. The van der Waals surface area contributed by atoms with Crippen molar-refractivity contribution in [1.29, 1.82) is 0 Å². The molecule has 0 bridgehead atoms. The van der Waals surface area contributed by atoms with Gasteiger partial charge >= 0.3 is 0 Å². The lowest BCUT2D eigenvalue weighted by Gasteiger charge is -2.10. The molecule has 0 spiro atoms. The summed E-state index contributed by atoms with van der Waals surface area (Å²) in [5, 5.41) is 13.2. The minimum Gasteiger partial charge on any atom is -0.493 e. The van der Waals surface area contributed by atoms with Crippen LogP contribution in [-0.4, -0.2) is 46.9 Å². The highest BCUT2D eigenvalue weighted by Crippen LogP contribution is 2.32. The molecular weight excluding hydrogens is 482 g/mol. The van der Waals surface area contributed by atoms with E-state index in [1.54, 1.807) is 20.4 Å². The Morgan fingerprint density at radius 2 is 2.00 bits per heavy atom.